The summed E-state index contributed by atoms with van der Waals surface area (Å²) >= 11 is 7.67. The van der Waals surface area contributed by atoms with Crippen LogP contribution in [0.1, 0.15) is 23.0 Å². The number of nitrogens with zero attached hydrogens (tertiary/aromatic N) is 3. The molecule has 2 aromatic carbocycles. The molecule has 176 valence electrons. The fourth-order valence-corrected chi connectivity index (χ4v) is 5.18. The van der Waals surface area contributed by atoms with Crippen molar-refractivity contribution >= 4 is 39.1 Å². The molecule has 0 saturated carbocycles. The number of aliphatic hydroxyl groups is 1. The van der Waals surface area contributed by atoms with Crippen LogP contribution < -0.4 is 10.5 Å². The Labute approximate surface area is 202 Å². The number of carbonyl (C=O) groups is 1. The number of aromatic nitrogens is 1. The number of carbonyl (C=O) groups excluding carboxylic acids is 1. The number of rotatable bonds is 9. The number of piperazine rings is 1. The summed E-state index contributed by atoms with van der Waals surface area (Å²) in [5.74, 6) is 0.393. The van der Waals surface area contributed by atoms with Crippen molar-refractivity contribution in [1.29, 1.82) is 0 Å². The van der Waals surface area contributed by atoms with Crippen molar-refractivity contribution in [2.24, 2.45) is 5.73 Å². The first-order chi connectivity index (χ1) is 15.9. The lowest BCUT2D eigenvalue weighted by Crippen LogP contribution is -2.50. The number of β-amino-alcohol motifs (C(OH)–C–C–N with tert-alkyl or cyclic N) is 1. The van der Waals surface area contributed by atoms with Gasteiger partial charge in [-0.05, 0) is 36.8 Å². The molecule has 9 heteroatoms. The van der Waals surface area contributed by atoms with Crippen LogP contribution in [0.5, 0.6) is 5.75 Å². The Hall–Kier alpha value is -2.23. The molecule has 0 radical (unpaired) electrons. The van der Waals surface area contributed by atoms with Crippen LogP contribution in [0.25, 0.3) is 10.2 Å². The molecule has 1 fully saturated rings. The molecule has 0 bridgehead atoms. The second-order valence-electron chi connectivity index (χ2n) is 8.40. The fraction of sp³-hybridized carbons (Fsp3) is 0.417. The molecule has 3 aromatic rings. The normalized spacial score (nSPS) is 17.2. The largest absolute Gasteiger partial charge is 0.491 e. The third-order valence-corrected chi connectivity index (χ3v) is 7.08. The minimum atomic E-state index is -0.595. The van der Waals surface area contributed by atoms with E-state index in [1.165, 1.54) is 0 Å². The molecule has 1 amide bonds. The Balaban J connectivity index is 1.27. The highest BCUT2D eigenvalue weighted by Crippen LogP contribution is 2.27. The number of aliphatic hydroxyl groups excluding tert-OH is 1. The highest BCUT2D eigenvalue weighted by Gasteiger charge is 2.27. The molecule has 2 unspecified atom stereocenters. The van der Waals surface area contributed by atoms with E-state index in [0.29, 0.717) is 17.3 Å². The second-order valence-corrected chi connectivity index (χ2v) is 10.1. The monoisotopic (exact) mass is 488 g/mol. The van der Waals surface area contributed by atoms with Gasteiger partial charge in [-0.2, -0.15) is 0 Å². The average Bonchev–Trinajstić information content (AvgIpc) is 3.16. The van der Waals surface area contributed by atoms with Gasteiger partial charge in [0, 0.05) is 56.3 Å². The first-order valence-corrected chi connectivity index (χ1v) is 12.2. The van der Waals surface area contributed by atoms with Crippen molar-refractivity contribution in [1.82, 2.24) is 14.8 Å². The van der Waals surface area contributed by atoms with Gasteiger partial charge in [-0.1, -0.05) is 23.7 Å². The lowest BCUT2D eigenvalue weighted by molar-refractivity contribution is -0.119. The van der Waals surface area contributed by atoms with Crippen LogP contribution in [0.2, 0.25) is 5.02 Å². The van der Waals surface area contributed by atoms with E-state index in [1.54, 1.807) is 11.3 Å². The lowest BCUT2D eigenvalue weighted by Gasteiger charge is -2.39. The summed E-state index contributed by atoms with van der Waals surface area (Å²) in [7, 11) is 0. The number of ether oxygens (including phenoxy) is 1. The first kappa shape index (κ1) is 23.9. The number of nitrogens with two attached hydrogens (primary N) is 1. The number of hydrogen-bond acceptors (Lipinski definition) is 7. The topological polar surface area (TPSA) is 91.9 Å². The highest BCUT2D eigenvalue weighted by atomic mass is 35.5. The molecule has 3 N–H and O–H groups in total. The smallest absolute Gasteiger partial charge is 0.219 e. The lowest BCUT2D eigenvalue weighted by atomic mass is 10.0. The number of amides is 1. The van der Waals surface area contributed by atoms with Crippen LogP contribution in [0, 0.1) is 6.92 Å². The molecule has 1 aromatic heterocycles. The van der Waals surface area contributed by atoms with E-state index >= 15 is 0 Å². The van der Waals surface area contributed by atoms with Crippen molar-refractivity contribution in [3.8, 4) is 5.75 Å². The van der Waals surface area contributed by atoms with Crippen LogP contribution in [-0.2, 0) is 4.79 Å². The van der Waals surface area contributed by atoms with Gasteiger partial charge in [0.05, 0.1) is 15.2 Å². The molecule has 2 heterocycles. The van der Waals surface area contributed by atoms with Crippen LogP contribution in [0.4, 0.5) is 0 Å². The molecule has 0 spiro atoms. The highest BCUT2D eigenvalue weighted by molar-refractivity contribution is 7.18. The van der Waals surface area contributed by atoms with Gasteiger partial charge in [-0.25, -0.2) is 4.98 Å². The predicted molar refractivity (Wildman–Crippen MR) is 132 cm³/mol. The second kappa shape index (κ2) is 10.8. The third-order valence-electron chi connectivity index (χ3n) is 5.87. The number of hydrogen-bond donors (Lipinski definition) is 2. The van der Waals surface area contributed by atoms with Gasteiger partial charge in [0.2, 0.25) is 5.91 Å². The number of aryl methyl sites for hydroxylation is 1. The zero-order valence-corrected chi connectivity index (χ0v) is 20.2. The number of benzene rings is 2. The van der Waals surface area contributed by atoms with Crippen LogP contribution >= 0.6 is 22.9 Å². The maximum absolute atomic E-state index is 11.7. The Morgan fingerprint density at radius 3 is 2.64 bits per heavy atom. The van der Waals surface area contributed by atoms with Gasteiger partial charge >= 0.3 is 0 Å². The van der Waals surface area contributed by atoms with Crippen LogP contribution in [0.15, 0.2) is 42.5 Å². The van der Waals surface area contributed by atoms with Crippen LogP contribution in [-0.4, -0.2) is 71.2 Å². The van der Waals surface area contributed by atoms with E-state index in [1.807, 2.05) is 49.4 Å². The van der Waals surface area contributed by atoms with Crippen LogP contribution in [0.3, 0.4) is 0 Å². The number of halogens is 1. The number of fused-ring (bicyclic) bond motifs is 1. The van der Waals surface area contributed by atoms with Gasteiger partial charge < -0.3 is 15.6 Å². The molecule has 33 heavy (non-hydrogen) atoms. The van der Waals surface area contributed by atoms with Gasteiger partial charge in [-0.15, -0.1) is 11.3 Å². The summed E-state index contributed by atoms with van der Waals surface area (Å²) in [5, 5.41) is 12.2. The SMILES string of the molecule is Cc1nc2cc(OCC(O)CN3CCN(C(CC(N)=O)c4ccc(Cl)cc4)CC3)ccc2s1. The molecule has 1 aliphatic heterocycles. The minimum absolute atomic E-state index is 0.0700. The molecular weight excluding hydrogens is 460 g/mol. The quantitative estimate of drug-likeness (QED) is 0.480. The number of primary amides is 1. The van der Waals surface area contributed by atoms with Gasteiger partial charge in [-0.3, -0.25) is 14.6 Å². The maximum Gasteiger partial charge on any atom is 0.219 e. The van der Waals surface area contributed by atoms with Gasteiger partial charge in [0.25, 0.3) is 0 Å². The predicted octanol–water partition coefficient (Wildman–Crippen LogP) is 3.23. The van der Waals surface area contributed by atoms with E-state index in [2.05, 4.69) is 14.8 Å². The Bertz CT molecular complexity index is 1080. The third kappa shape index (κ3) is 6.43. The van der Waals surface area contributed by atoms with E-state index in [0.717, 1.165) is 47.0 Å². The zero-order valence-electron chi connectivity index (χ0n) is 18.6. The Kier molecular flexibility index (Phi) is 7.82. The van der Waals surface area contributed by atoms with Crippen molar-refractivity contribution < 1.29 is 14.6 Å². The molecule has 0 aliphatic carbocycles. The summed E-state index contributed by atoms with van der Waals surface area (Å²) in [4.78, 5) is 20.7. The molecule has 2 atom stereocenters. The first-order valence-electron chi connectivity index (χ1n) is 11.1. The van der Waals surface area contributed by atoms with Crippen molar-refractivity contribution in [3.05, 3.63) is 58.1 Å². The molecule has 4 rings (SSSR count). The van der Waals surface area contributed by atoms with Crippen molar-refractivity contribution in [2.45, 2.75) is 25.5 Å². The standard InChI is InChI=1S/C24H29ClN4O3S/c1-16-27-21-12-20(6-7-23(21)33-16)32-15-19(30)14-28-8-10-29(11-9-28)22(13-24(26)31)17-2-4-18(25)5-3-17/h2-7,12,19,22,30H,8-11,13-15H2,1H3,(H2,26,31). The average molecular weight is 489 g/mol. The maximum atomic E-state index is 11.7. The molecule has 7 nitrogen and oxygen atoms in total. The van der Waals surface area contributed by atoms with E-state index < -0.39 is 6.10 Å². The molecule has 1 saturated heterocycles. The molecular formula is C24H29ClN4O3S. The minimum Gasteiger partial charge on any atom is -0.491 e. The van der Waals surface area contributed by atoms with Crippen molar-refractivity contribution in [2.75, 3.05) is 39.3 Å². The summed E-state index contributed by atoms with van der Waals surface area (Å²) in [5.41, 5.74) is 7.48. The van der Waals surface area contributed by atoms with Gasteiger partial charge in [0.1, 0.15) is 18.5 Å². The number of thiazole rings is 1. The van der Waals surface area contributed by atoms with E-state index in [4.69, 9.17) is 22.1 Å². The Morgan fingerprint density at radius 2 is 1.94 bits per heavy atom. The zero-order chi connectivity index (χ0) is 23.4. The van der Waals surface area contributed by atoms with Crippen molar-refractivity contribution in [3.63, 3.8) is 0 Å². The Morgan fingerprint density at radius 1 is 1.21 bits per heavy atom. The summed E-state index contributed by atoms with van der Waals surface area (Å²) < 4.78 is 6.94. The summed E-state index contributed by atoms with van der Waals surface area (Å²) in [6.45, 7) is 5.91. The fourth-order valence-electron chi connectivity index (χ4n) is 4.25. The van der Waals surface area contributed by atoms with E-state index in [-0.39, 0.29) is 25.0 Å². The summed E-state index contributed by atoms with van der Waals surface area (Å²) in [6, 6.07) is 13.3. The molecule has 1 aliphatic rings. The van der Waals surface area contributed by atoms with Gasteiger partial charge in [0.15, 0.2) is 0 Å². The van der Waals surface area contributed by atoms with E-state index in [9.17, 15) is 9.90 Å². The summed E-state index contributed by atoms with van der Waals surface area (Å²) in [6.07, 6.45) is -0.330.